The Morgan fingerprint density at radius 1 is 1.35 bits per heavy atom. The Kier molecular flexibility index (Phi) is 5.43. The van der Waals surface area contributed by atoms with Crippen LogP contribution in [-0.2, 0) is 14.6 Å². The average molecular weight is 394 g/mol. The summed E-state index contributed by atoms with van der Waals surface area (Å²) in [6.45, 7) is 5.94. The lowest BCUT2D eigenvalue weighted by Crippen LogP contribution is -2.40. The lowest BCUT2D eigenvalue weighted by atomic mass is 10.1. The number of rotatable bonds is 5. The number of hydrogen-bond acceptors (Lipinski definition) is 5. The number of imidazole rings is 1. The molecule has 3 rings (SSSR count). The molecule has 0 radical (unpaired) electrons. The van der Waals surface area contributed by atoms with Crippen molar-refractivity contribution >= 4 is 27.5 Å². The molecule has 6 nitrogen and oxygen atoms in total. The molecule has 0 aliphatic carbocycles. The number of amides is 1. The number of aryl methyl sites for hydroxylation is 2. The number of aromatic nitrogens is 2. The molecule has 1 aliphatic heterocycles. The fourth-order valence-corrected chi connectivity index (χ4v) is 5.45. The molecule has 2 aromatic rings. The molecule has 8 heteroatoms. The second-order valence-corrected chi connectivity index (χ2v) is 10.3. The highest BCUT2D eigenvalue weighted by molar-refractivity contribution is 8.00. The predicted octanol–water partition coefficient (Wildman–Crippen LogP) is 2.27. The first-order valence-electron chi connectivity index (χ1n) is 8.53. The number of carbonyl (C=O) groups is 1. The van der Waals surface area contributed by atoms with E-state index in [4.69, 9.17) is 0 Å². The maximum Gasteiger partial charge on any atom is 0.233 e. The van der Waals surface area contributed by atoms with Crippen molar-refractivity contribution in [1.82, 2.24) is 14.9 Å². The first-order chi connectivity index (χ1) is 12.2. The van der Waals surface area contributed by atoms with Gasteiger partial charge in [0.15, 0.2) is 15.0 Å². The van der Waals surface area contributed by atoms with Crippen molar-refractivity contribution in [2.24, 2.45) is 0 Å². The van der Waals surface area contributed by atoms with Gasteiger partial charge < -0.3 is 5.32 Å². The van der Waals surface area contributed by atoms with Crippen LogP contribution in [0.4, 0.5) is 0 Å². The van der Waals surface area contributed by atoms with Crippen molar-refractivity contribution in [3.05, 3.63) is 41.7 Å². The van der Waals surface area contributed by atoms with Crippen LogP contribution in [0.1, 0.15) is 24.5 Å². The summed E-state index contributed by atoms with van der Waals surface area (Å²) in [6, 6.07) is 5.91. The normalized spacial score (nSPS) is 20.0. The highest BCUT2D eigenvalue weighted by atomic mass is 32.2. The molecule has 2 heterocycles. The smallest absolute Gasteiger partial charge is 0.233 e. The number of nitrogens with one attached hydrogen (secondary N) is 1. The summed E-state index contributed by atoms with van der Waals surface area (Å²) in [5.74, 6) is 0.0241. The highest BCUT2D eigenvalue weighted by Gasteiger charge is 2.30. The largest absolute Gasteiger partial charge is 0.351 e. The zero-order chi connectivity index (χ0) is 18.9. The van der Waals surface area contributed by atoms with Gasteiger partial charge in [-0.1, -0.05) is 17.8 Å². The number of carbonyl (C=O) groups excluding carboxylic acids is 1. The van der Waals surface area contributed by atoms with E-state index in [0.29, 0.717) is 6.42 Å². The number of nitrogens with zero attached hydrogens (tertiary/aromatic N) is 2. The summed E-state index contributed by atoms with van der Waals surface area (Å²) >= 11 is 1.36. The number of benzene rings is 1. The van der Waals surface area contributed by atoms with Crippen molar-refractivity contribution in [2.45, 2.75) is 43.6 Å². The molecule has 0 bridgehead atoms. The van der Waals surface area contributed by atoms with E-state index in [1.165, 1.54) is 22.9 Å². The fourth-order valence-electron chi connectivity index (χ4n) is 2.89. The standard InChI is InChI=1S/C18H23N3O3S2/c1-12-4-5-16(10-13(12)2)21-8-7-19-18(21)25-14(3)17(22)20-15-6-9-26(23,24)11-15/h4-5,7-8,10,14-15H,6,9,11H2,1-3H3,(H,20,22). The molecule has 140 valence electrons. The molecule has 1 aliphatic rings. The minimum atomic E-state index is -3.01. The number of thioether (sulfide) groups is 1. The van der Waals surface area contributed by atoms with E-state index < -0.39 is 9.84 Å². The number of sulfone groups is 1. The van der Waals surface area contributed by atoms with Crippen molar-refractivity contribution in [3.63, 3.8) is 0 Å². The lowest BCUT2D eigenvalue weighted by molar-refractivity contribution is -0.120. The monoisotopic (exact) mass is 393 g/mol. The second-order valence-electron chi connectivity index (χ2n) is 6.72. The first kappa shape index (κ1) is 19.0. The van der Waals surface area contributed by atoms with E-state index in [0.717, 1.165) is 10.8 Å². The van der Waals surface area contributed by atoms with Crippen molar-refractivity contribution < 1.29 is 13.2 Å². The van der Waals surface area contributed by atoms with Gasteiger partial charge in [-0.2, -0.15) is 0 Å². The van der Waals surface area contributed by atoms with Gasteiger partial charge in [-0.25, -0.2) is 13.4 Å². The maximum atomic E-state index is 12.4. The molecule has 1 aromatic carbocycles. The van der Waals surface area contributed by atoms with Crippen LogP contribution in [0.3, 0.4) is 0 Å². The van der Waals surface area contributed by atoms with E-state index in [-0.39, 0.29) is 28.7 Å². The van der Waals surface area contributed by atoms with Crippen molar-refractivity contribution in [1.29, 1.82) is 0 Å². The zero-order valence-electron chi connectivity index (χ0n) is 15.1. The van der Waals surface area contributed by atoms with Crippen LogP contribution in [0, 0.1) is 13.8 Å². The van der Waals surface area contributed by atoms with Crippen LogP contribution in [-0.4, -0.2) is 46.7 Å². The summed E-state index contributed by atoms with van der Waals surface area (Å²) in [5, 5.41) is 3.21. The summed E-state index contributed by atoms with van der Waals surface area (Å²) in [6.07, 6.45) is 4.08. The highest BCUT2D eigenvalue weighted by Crippen LogP contribution is 2.26. The Hall–Kier alpha value is -1.80. The molecule has 0 saturated carbocycles. The Labute approximate surface area is 158 Å². The topological polar surface area (TPSA) is 81.1 Å². The Morgan fingerprint density at radius 2 is 2.12 bits per heavy atom. The van der Waals surface area contributed by atoms with E-state index in [9.17, 15) is 13.2 Å². The van der Waals surface area contributed by atoms with Crippen LogP contribution < -0.4 is 5.32 Å². The quantitative estimate of drug-likeness (QED) is 0.788. The Morgan fingerprint density at radius 3 is 2.77 bits per heavy atom. The Balaban J connectivity index is 1.68. The number of hydrogen-bond donors (Lipinski definition) is 1. The molecule has 1 N–H and O–H groups in total. The molecular formula is C18H23N3O3S2. The van der Waals surface area contributed by atoms with Crippen molar-refractivity contribution in [2.75, 3.05) is 11.5 Å². The molecule has 1 saturated heterocycles. The van der Waals surface area contributed by atoms with Gasteiger partial charge in [0, 0.05) is 24.1 Å². The van der Waals surface area contributed by atoms with E-state index in [1.807, 2.05) is 23.8 Å². The summed E-state index contributed by atoms with van der Waals surface area (Å²) in [4.78, 5) is 16.8. The van der Waals surface area contributed by atoms with E-state index >= 15 is 0 Å². The summed E-state index contributed by atoms with van der Waals surface area (Å²) in [7, 11) is -3.01. The van der Waals surface area contributed by atoms with Gasteiger partial charge >= 0.3 is 0 Å². The van der Waals surface area contributed by atoms with Gasteiger partial charge in [0.1, 0.15) is 0 Å². The van der Waals surface area contributed by atoms with Gasteiger partial charge in [0.2, 0.25) is 5.91 Å². The first-order valence-corrected chi connectivity index (χ1v) is 11.2. The van der Waals surface area contributed by atoms with E-state index in [1.54, 1.807) is 6.20 Å². The predicted molar refractivity (Wildman–Crippen MR) is 104 cm³/mol. The molecule has 26 heavy (non-hydrogen) atoms. The van der Waals surface area contributed by atoms with Gasteiger partial charge in [0.25, 0.3) is 0 Å². The second kappa shape index (κ2) is 7.44. The average Bonchev–Trinajstić information content (AvgIpc) is 3.16. The van der Waals surface area contributed by atoms with Gasteiger partial charge in [0.05, 0.1) is 16.8 Å². The molecule has 1 fully saturated rings. The van der Waals surface area contributed by atoms with Crippen LogP contribution in [0.25, 0.3) is 5.69 Å². The van der Waals surface area contributed by atoms with Crippen LogP contribution in [0.5, 0.6) is 0 Å². The summed E-state index contributed by atoms with van der Waals surface area (Å²) < 4.78 is 25.0. The third-order valence-electron chi connectivity index (χ3n) is 4.61. The summed E-state index contributed by atoms with van der Waals surface area (Å²) in [5.41, 5.74) is 3.42. The molecule has 2 atom stereocenters. The van der Waals surface area contributed by atoms with E-state index in [2.05, 4.69) is 36.3 Å². The SMILES string of the molecule is Cc1ccc(-n2ccnc2SC(C)C(=O)NC2CCS(=O)(=O)C2)cc1C. The zero-order valence-corrected chi connectivity index (χ0v) is 16.7. The fraction of sp³-hybridized carbons (Fsp3) is 0.444. The van der Waals surface area contributed by atoms with Gasteiger partial charge in [-0.15, -0.1) is 0 Å². The Bertz CT molecular complexity index is 922. The van der Waals surface area contributed by atoms with Crippen LogP contribution in [0.15, 0.2) is 35.7 Å². The molecule has 0 spiro atoms. The van der Waals surface area contributed by atoms with Crippen LogP contribution >= 0.6 is 11.8 Å². The van der Waals surface area contributed by atoms with Gasteiger partial charge in [-0.05, 0) is 50.5 Å². The minimum Gasteiger partial charge on any atom is -0.351 e. The maximum absolute atomic E-state index is 12.4. The van der Waals surface area contributed by atoms with Crippen LogP contribution in [0.2, 0.25) is 0 Å². The third-order valence-corrected chi connectivity index (χ3v) is 7.45. The minimum absolute atomic E-state index is 0.0351. The molecule has 1 amide bonds. The molecule has 1 aromatic heterocycles. The lowest BCUT2D eigenvalue weighted by Gasteiger charge is -2.16. The van der Waals surface area contributed by atoms with Crippen molar-refractivity contribution in [3.8, 4) is 5.69 Å². The molecular weight excluding hydrogens is 370 g/mol. The van der Waals surface area contributed by atoms with Gasteiger partial charge in [-0.3, -0.25) is 9.36 Å². The molecule has 2 unspecified atom stereocenters. The third kappa shape index (κ3) is 4.29.